The zero-order valence-electron chi connectivity index (χ0n) is 44.5. The highest BCUT2D eigenvalue weighted by atomic mass is 32.2. The Morgan fingerprint density at radius 3 is 1.92 bits per heavy atom. The van der Waals surface area contributed by atoms with Crippen molar-refractivity contribution in [2.75, 3.05) is 31.7 Å². The monoisotopic (exact) mass is 1100 g/mol. The number of nitrogens with two attached hydrogens (primary N) is 1. The van der Waals surface area contributed by atoms with E-state index in [-0.39, 0.29) is 32.2 Å². The number of hydrogen-bond acceptors (Lipinski definition) is 15. The van der Waals surface area contributed by atoms with Gasteiger partial charge in [0, 0.05) is 24.9 Å². The number of thioether (sulfide) groups is 1. The molecule has 1 aromatic carbocycles. The molecular weight excluding hydrogens is 1020 g/mol. The van der Waals surface area contributed by atoms with Gasteiger partial charge in [-0.2, -0.15) is 11.8 Å². The number of amides is 9. The molecule has 26 nitrogen and oxygen atoms in total. The molecule has 2 heterocycles. The molecule has 1 fully saturated rings. The summed E-state index contributed by atoms with van der Waals surface area (Å²) in [7, 11) is 0. The number of aliphatic hydroxyl groups is 1. The normalized spacial score (nSPS) is 16.7. The Kier molecular flexibility index (Phi) is 26.5. The van der Waals surface area contributed by atoms with Crippen molar-refractivity contribution in [2.45, 2.75) is 141 Å². The molecule has 0 aliphatic carbocycles. The Hall–Kier alpha value is -7.13. The lowest BCUT2D eigenvalue weighted by Crippen LogP contribution is -2.62. The van der Waals surface area contributed by atoms with Gasteiger partial charge in [-0.15, -0.1) is 0 Å². The lowest BCUT2D eigenvalue weighted by molar-refractivity contribution is -0.146. The zero-order valence-corrected chi connectivity index (χ0v) is 45.3. The number of rotatable bonds is 32. The second-order valence-corrected chi connectivity index (χ2v) is 20.5. The Balaban J connectivity index is 1.75. The number of carbonyl (C=O) groups excluding carboxylic acids is 9. The molecule has 0 unspecified atom stereocenters. The van der Waals surface area contributed by atoms with Gasteiger partial charge in [-0.1, -0.05) is 78.3 Å². The van der Waals surface area contributed by atoms with Crippen LogP contribution in [0.5, 0.6) is 0 Å². The number of carboxylic acid groups (broad SMARTS) is 2. The van der Waals surface area contributed by atoms with E-state index in [1.54, 1.807) is 78.1 Å². The quantitative estimate of drug-likeness (QED) is 0.0366. The van der Waals surface area contributed by atoms with Crippen LogP contribution in [-0.2, 0) is 65.6 Å². The Bertz CT molecular complexity index is 2340. The molecule has 0 saturated carbocycles. The summed E-state index contributed by atoms with van der Waals surface area (Å²) in [5.74, 6) is -11.7. The van der Waals surface area contributed by atoms with Crippen LogP contribution in [0, 0.1) is 17.8 Å². The van der Waals surface area contributed by atoms with Crippen LogP contribution in [-0.4, -0.2) is 181 Å². The van der Waals surface area contributed by atoms with E-state index in [4.69, 9.17) is 5.73 Å². The van der Waals surface area contributed by atoms with Crippen molar-refractivity contribution in [3.05, 3.63) is 54.1 Å². The third-order valence-electron chi connectivity index (χ3n) is 12.9. The Morgan fingerprint density at radius 1 is 0.740 bits per heavy atom. The molecule has 9 amide bonds. The minimum absolute atomic E-state index is 0.0377. The van der Waals surface area contributed by atoms with Gasteiger partial charge in [-0.05, 0) is 61.0 Å². The van der Waals surface area contributed by atoms with Crippen LogP contribution in [0.1, 0.15) is 84.9 Å². The molecule has 0 radical (unpaired) electrons. The number of carbonyl (C=O) groups is 11. The molecule has 10 atom stereocenters. The third kappa shape index (κ3) is 20.4. The zero-order chi connectivity index (χ0) is 57.5. The first kappa shape index (κ1) is 64.2. The molecule has 1 aliphatic rings. The maximum absolute atomic E-state index is 14.4. The summed E-state index contributed by atoms with van der Waals surface area (Å²) in [6.45, 7) is 8.31. The SMILES string of the molecule is CC[C@H](C)[C@H](NC(=O)[C@H](CCSC)NC(=O)[C@@H](NC(=O)[C@H](CC(=O)O)NC(=O)CNC(=O)[C@H](CO)NC(=O)[C@@H](N)Cc1ccccc1)C(C)C)C(=O)N[C@@H](Cc1cnc[nH]1)C(=O)N1CCC[C@H]1C(=O)N[C@H](C(=O)O)C(C)C. The topological polar surface area (TPSA) is 403 Å². The first-order valence-electron chi connectivity index (χ1n) is 25.4. The predicted molar refractivity (Wildman–Crippen MR) is 281 cm³/mol. The van der Waals surface area contributed by atoms with Crippen molar-refractivity contribution < 1.29 is 68.1 Å². The molecule has 77 heavy (non-hydrogen) atoms. The number of aliphatic carboxylic acids is 2. The highest BCUT2D eigenvalue weighted by Crippen LogP contribution is 2.21. The average molecular weight is 1100 g/mol. The predicted octanol–water partition coefficient (Wildman–Crippen LogP) is -2.31. The number of nitrogens with one attached hydrogen (secondary N) is 9. The lowest BCUT2D eigenvalue weighted by atomic mass is 9.96. The molecule has 1 aromatic heterocycles. The van der Waals surface area contributed by atoms with Gasteiger partial charge in [0.15, 0.2) is 0 Å². The largest absolute Gasteiger partial charge is 0.481 e. The second-order valence-electron chi connectivity index (χ2n) is 19.5. The molecule has 426 valence electrons. The van der Waals surface area contributed by atoms with Crippen LogP contribution in [0.2, 0.25) is 0 Å². The Labute approximate surface area is 451 Å². The highest BCUT2D eigenvalue weighted by Gasteiger charge is 2.41. The van der Waals surface area contributed by atoms with Crippen molar-refractivity contribution in [3.63, 3.8) is 0 Å². The van der Waals surface area contributed by atoms with Crippen LogP contribution in [0.3, 0.4) is 0 Å². The summed E-state index contributed by atoms with van der Waals surface area (Å²) in [5, 5.41) is 49.0. The average Bonchev–Trinajstić information content (AvgIpc) is 4.10. The molecule has 3 rings (SSSR count). The molecular formula is C50H76N12O14S. The van der Waals surface area contributed by atoms with Gasteiger partial charge in [0.05, 0.1) is 31.9 Å². The number of hydrogen-bond donors (Lipinski definition) is 13. The molecule has 27 heteroatoms. The summed E-state index contributed by atoms with van der Waals surface area (Å²) in [4.78, 5) is 155. The van der Waals surface area contributed by atoms with Crippen LogP contribution >= 0.6 is 11.8 Å². The number of benzene rings is 1. The molecule has 2 aromatic rings. The number of aromatic nitrogens is 2. The van der Waals surface area contributed by atoms with E-state index in [0.29, 0.717) is 24.3 Å². The summed E-state index contributed by atoms with van der Waals surface area (Å²) >= 11 is 1.35. The number of H-pyrrole nitrogens is 1. The lowest BCUT2D eigenvalue weighted by Gasteiger charge is -2.32. The van der Waals surface area contributed by atoms with E-state index in [1.807, 2.05) is 0 Å². The van der Waals surface area contributed by atoms with Crippen LogP contribution in [0.15, 0.2) is 42.9 Å². The van der Waals surface area contributed by atoms with Gasteiger partial charge in [0.25, 0.3) is 0 Å². The minimum atomic E-state index is -1.78. The van der Waals surface area contributed by atoms with Crippen molar-refractivity contribution in [3.8, 4) is 0 Å². The summed E-state index contributed by atoms with van der Waals surface area (Å²) in [6.07, 6.45) is 4.74. The van der Waals surface area contributed by atoms with E-state index < -0.39 is 157 Å². The van der Waals surface area contributed by atoms with Gasteiger partial charge in [0.2, 0.25) is 53.2 Å². The number of aromatic amines is 1. The third-order valence-corrected chi connectivity index (χ3v) is 13.5. The van der Waals surface area contributed by atoms with Crippen molar-refractivity contribution in [2.24, 2.45) is 23.5 Å². The van der Waals surface area contributed by atoms with E-state index >= 15 is 0 Å². The number of aliphatic hydroxyl groups excluding tert-OH is 1. The summed E-state index contributed by atoms with van der Waals surface area (Å²) < 4.78 is 0. The highest BCUT2D eigenvalue weighted by molar-refractivity contribution is 7.98. The fourth-order valence-corrected chi connectivity index (χ4v) is 8.68. The van der Waals surface area contributed by atoms with Gasteiger partial charge < -0.3 is 73.5 Å². The number of carboxylic acids is 2. The smallest absolute Gasteiger partial charge is 0.326 e. The van der Waals surface area contributed by atoms with E-state index in [1.165, 1.54) is 29.2 Å². The van der Waals surface area contributed by atoms with Crippen molar-refractivity contribution >= 4 is 76.9 Å². The molecule has 0 spiro atoms. The molecule has 1 saturated heterocycles. The maximum Gasteiger partial charge on any atom is 0.326 e. The molecule has 0 bridgehead atoms. The van der Waals surface area contributed by atoms with Crippen molar-refractivity contribution in [1.29, 1.82) is 0 Å². The summed E-state index contributed by atoms with van der Waals surface area (Å²) in [5.41, 5.74) is 7.19. The Morgan fingerprint density at radius 2 is 1.35 bits per heavy atom. The van der Waals surface area contributed by atoms with Gasteiger partial charge in [0.1, 0.15) is 48.3 Å². The maximum atomic E-state index is 14.4. The number of likely N-dealkylation sites (tertiary alicyclic amines) is 1. The number of nitrogens with zero attached hydrogens (tertiary/aromatic N) is 2. The molecule has 14 N–H and O–H groups in total. The molecule has 1 aliphatic heterocycles. The van der Waals surface area contributed by atoms with E-state index in [0.717, 1.165) is 5.56 Å². The van der Waals surface area contributed by atoms with Crippen LogP contribution in [0.4, 0.5) is 0 Å². The standard InChI is InChI=1S/C50H76N12O14S/c1-8-28(6)41(48(73)57-34(20-30-22-52-25-54-30)49(74)62-17-12-15-36(62)46(71)60-40(27(4)5)50(75)76)61-44(69)32(16-18-77-7)56-47(72)39(26(2)3)59-45(70)33(21-38(65)66)55-37(64)23-53-43(68)35(24-63)58-42(67)31(51)19-29-13-10-9-11-14-29/h9-11,13-14,22,25-28,31-36,39-41,63H,8,12,15-21,23-24,51H2,1-7H3,(H,52,54)(H,53,68)(H,55,64)(H,56,72)(H,57,73)(H,58,67)(H,59,70)(H,60,71)(H,61,69)(H,65,66)(H,75,76)/t28-,31-,32-,33-,34-,35-,36-,39-,40-,41-/m0/s1. The van der Waals surface area contributed by atoms with Crippen molar-refractivity contribution in [1.82, 2.24) is 57.4 Å². The number of imidazole rings is 1. The minimum Gasteiger partial charge on any atom is -0.481 e. The fourth-order valence-electron chi connectivity index (χ4n) is 8.21. The fraction of sp³-hybridized carbons (Fsp3) is 0.600. The first-order valence-corrected chi connectivity index (χ1v) is 26.8. The van der Waals surface area contributed by atoms with Crippen LogP contribution in [0.25, 0.3) is 0 Å². The summed E-state index contributed by atoms with van der Waals surface area (Å²) in [6, 6.07) is -3.11. The van der Waals surface area contributed by atoms with Gasteiger partial charge in [-0.3, -0.25) is 47.9 Å². The van der Waals surface area contributed by atoms with E-state index in [2.05, 4.69) is 52.5 Å². The first-order chi connectivity index (χ1) is 36.4. The van der Waals surface area contributed by atoms with Gasteiger partial charge >= 0.3 is 11.9 Å². The van der Waals surface area contributed by atoms with Crippen LogP contribution < -0.4 is 48.3 Å². The van der Waals surface area contributed by atoms with E-state index in [9.17, 15) is 68.1 Å². The van der Waals surface area contributed by atoms with Gasteiger partial charge in [-0.25, -0.2) is 9.78 Å². The second kappa shape index (κ2) is 31.8.